The molecule has 0 unspecified atom stereocenters. The number of hydrogen-bond acceptors (Lipinski definition) is 2. The molecule has 2 aromatic heterocycles. The van der Waals surface area contributed by atoms with Crippen molar-refractivity contribution in [2.24, 2.45) is 0 Å². The van der Waals surface area contributed by atoms with Crippen LogP contribution in [0, 0.1) is 0 Å². The van der Waals surface area contributed by atoms with E-state index in [-0.39, 0.29) is 0 Å². The highest BCUT2D eigenvalue weighted by molar-refractivity contribution is 6.43. The molecule has 1 aromatic carbocycles. The van der Waals surface area contributed by atoms with E-state index in [0.717, 1.165) is 16.6 Å². The monoisotopic (exact) mass is 263 g/mol. The fourth-order valence-electron chi connectivity index (χ4n) is 1.67. The Balaban J connectivity index is 2.24. The SMILES string of the molecule is Clc1cccc(-c2nc3ccncc3[nH]2)c1Cl. The van der Waals surface area contributed by atoms with Gasteiger partial charge in [0, 0.05) is 11.8 Å². The summed E-state index contributed by atoms with van der Waals surface area (Å²) in [7, 11) is 0. The summed E-state index contributed by atoms with van der Waals surface area (Å²) in [6.07, 6.45) is 3.43. The highest BCUT2D eigenvalue weighted by Crippen LogP contribution is 2.32. The topological polar surface area (TPSA) is 41.6 Å². The number of rotatable bonds is 1. The molecule has 0 spiro atoms. The summed E-state index contributed by atoms with van der Waals surface area (Å²) in [4.78, 5) is 11.6. The predicted molar refractivity (Wildman–Crippen MR) is 69.3 cm³/mol. The molecule has 0 atom stereocenters. The lowest BCUT2D eigenvalue weighted by Crippen LogP contribution is -1.82. The van der Waals surface area contributed by atoms with Crippen molar-refractivity contribution in [3.63, 3.8) is 0 Å². The van der Waals surface area contributed by atoms with E-state index < -0.39 is 0 Å². The zero-order valence-corrected chi connectivity index (χ0v) is 10.1. The van der Waals surface area contributed by atoms with Crippen LogP contribution in [0.3, 0.4) is 0 Å². The van der Waals surface area contributed by atoms with Gasteiger partial charge in [0.1, 0.15) is 5.82 Å². The van der Waals surface area contributed by atoms with Crippen molar-refractivity contribution in [3.8, 4) is 11.4 Å². The summed E-state index contributed by atoms with van der Waals surface area (Å²) in [5, 5.41) is 1.02. The number of imidazole rings is 1. The Morgan fingerprint density at radius 3 is 2.82 bits per heavy atom. The molecule has 0 aliphatic carbocycles. The second kappa shape index (κ2) is 4.02. The minimum Gasteiger partial charge on any atom is -0.337 e. The van der Waals surface area contributed by atoms with E-state index in [2.05, 4.69) is 15.0 Å². The number of nitrogens with one attached hydrogen (secondary N) is 1. The van der Waals surface area contributed by atoms with Gasteiger partial charge in [-0.25, -0.2) is 4.98 Å². The standard InChI is InChI=1S/C12H7Cl2N3/c13-8-3-1-2-7(11(8)14)12-16-9-4-5-15-6-10(9)17-12/h1-6H,(H,16,17). The molecule has 3 rings (SSSR count). The summed E-state index contributed by atoms with van der Waals surface area (Å²) < 4.78 is 0. The molecule has 0 aliphatic rings. The van der Waals surface area contributed by atoms with Gasteiger partial charge in [0.15, 0.2) is 0 Å². The van der Waals surface area contributed by atoms with E-state index in [4.69, 9.17) is 23.2 Å². The van der Waals surface area contributed by atoms with Crippen molar-refractivity contribution in [2.45, 2.75) is 0 Å². The molecule has 0 radical (unpaired) electrons. The third kappa shape index (κ3) is 1.77. The molecular weight excluding hydrogens is 257 g/mol. The number of H-pyrrole nitrogens is 1. The van der Waals surface area contributed by atoms with Crippen LogP contribution in [0.4, 0.5) is 0 Å². The second-order valence-corrected chi connectivity index (χ2v) is 4.36. The van der Waals surface area contributed by atoms with Gasteiger partial charge in [-0.15, -0.1) is 0 Å². The van der Waals surface area contributed by atoms with Crippen molar-refractivity contribution in [1.82, 2.24) is 15.0 Å². The van der Waals surface area contributed by atoms with Gasteiger partial charge in [-0.05, 0) is 18.2 Å². The van der Waals surface area contributed by atoms with Crippen molar-refractivity contribution >= 4 is 34.2 Å². The van der Waals surface area contributed by atoms with Crippen LogP contribution < -0.4 is 0 Å². The molecule has 0 saturated carbocycles. The van der Waals surface area contributed by atoms with E-state index in [9.17, 15) is 0 Å². The Morgan fingerprint density at radius 2 is 2.00 bits per heavy atom. The Labute approximate surface area is 107 Å². The molecule has 0 bridgehead atoms. The van der Waals surface area contributed by atoms with Crippen LogP contribution in [0.25, 0.3) is 22.4 Å². The van der Waals surface area contributed by atoms with Crippen molar-refractivity contribution in [2.75, 3.05) is 0 Å². The lowest BCUT2D eigenvalue weighted by molar-refractivity contribution is 1.33. The smallest absolute Gasteiger partial charge is 0.140 e. The maximum Gasteiger partial charge on any atom is 0.140 e. The molecule has 0 saturated heterocycles. The first-order chi connectivity index (χ1) is 8.25. The van der Waals surface area contributed by atoms with Crippen LogP contribution in [0.15, 0.2) is 36.7 Å². The van der Waals surface area contributed by atoms with Crippen molar-refractivity contribution in [1.29, 1.82) is 0 Å². The van der Waals surface area contributed by atoms with Crippen LogP contribution in [0.2, 0.25) is 10.0 Å². The minimum absolute atomic E-state index is 0.501. The molecule has 2 heterocycles. The van der Waals surface area contributed by atoms with Gasteiger partial charge in [0.05, 0.1) is 27.3 Å². The number of aromatic amines is 1. The summed E-state index contributed by atoms with van der Waals surface area (Å²) in [5.74, 6) is 0.695. The van der Waals surface area contributed by atoms with Crippen LogP contribution >= 0.6 is 23.2 Å². The Bertz CT molecular complexity index is 658. The van der Waals surface area contributed by atoms with Gasteiger partial charge in [-0.1, -0.05) is 29.3 Å². The lowest BCUT2D eigenvalue weighted by Gasteiger charge is -2.01. The molecule has 84 valence electrons. The first-order valence-electron chi connectivity index (χ1n) is 5.00. The third-order valence-corrected chi connectivity index (χ3v) is 3.31. The molecule has 3 nitrogen and oxygen atoms in total. The second-order valence-electron chi connectivity index (χ2n) is 3.58. The first-order valence-corrected chi connectivity index (χ1v) is 5.75. The third-order valence-electron chi connectivity index (χ3n) is 2.49. The lowest BCUT2D eigenvalue weighted by atomic mass is 10.2. The molecule has 0 fully saturated rings. The highest BCUT2D eigenvalue weighted by Gasteiger charge is 2.10. The number of pyridine rings is 1. The molecule has 17 heavy (non-hydrogen) atoms. The highest BCUT2D eigenvalue weighted by atomic mass is 35.5. The number of hydrogen-bond donors (Lipinski definition) is 1. The summed E-state index contributed by atoms with van der Waals surface area (Å²) in [5.41, 5.74) is 2.51. The number of benzene rings is 1. The molecular formula is C12H7Cl2N3. The number of aromatic nitrogens is 3. The average Bonchev–Trinajstić information content (AvgIpc) is 2.76. The predicted octanol–water partition coefficient (Wildman–Crippen LogP) is 3.93. The van der Waals surface area contributed by atoms with Gasteiger partial charge in [-0.3, -0.25) is 4.98 Å². The van der Waals surface area contributed by atoms with Gasteiger partial charge in [0.2, 0.25) is 0 Å². The Hall–Kier alpha value is -1.58. The van der Waals surface area contributed by atoms with Crippen LogP contribution in [0.1, 0.15) is 0 Å². The van der Waals surface area contributed by atoms with E-state index in [0.29, 0.717) is 15.9 Å². The van der Waals surface area contributed by atoms with Gasteiger partial charge < -0.3 is 4.98 Å². The quantitative estimate of drug-likeness (QED) is 0.723. The van der Waals surface area contributed by atoms with E-state index in [1.807, 2.05) is 18.2 Å². The molecule has 1 N–H and O–H groups in total. The van der Waals surface area contributed by atoms with Crippen molar-refractivity contribution in [3.05, 3.63) is 46.7 Å². The normalized spacial score (nSPS) is 10.9. The number of halogens is 2. The van der Waals surface area contributed by atoms with Crippen LogP contribution in [-0.4, -0.2) is 15.0 Å². The van der Waals surface area contributed by atoms with E-state index in [1.165, 1.54) is 0 Å². The number of fused-ring (bicyclic) bond motifs is 1. The summed E-state index contributed by atoms with van der Waals surface area (Å²) >= 11 is 12.1. The fourth-order valence-corrected chi connectivity index (χ4v) is 2.06. The van der Waals surface area contributed by atoms with Crippen LogP contribution in [0.5, 0.6) is 0 Å². The minimum atomic E-state index is 0.501. The van der Waals surface area contributed by atoms with Gasteiger partial charge in [0.25, 0.3) is 0 Å². The Kier molecular flexibility index (Phi) is 2.50. The average molecular weight is 264 g/mol. The van der Waals surface area contributed by atoms with E-state index >= 15 is 0 Å². The first kappa shape index (κ1) is 10.6. The summed E-state index contributed by atoms with van der Waals surface area (Å²) in [6, 6.07) is 7.31. The molecule has 5 heteroatoms. The maximum atomic E-state index is 6.15. The largest absolute Gasteiger partial charge is 0.337 e. The molecule has 0 aliphatic heterocycles. The van der Waals surface area contributed by atoms with Crippen LogP contribution in [-0.2, 0) is 0 Å². The van der Waals surface area contributed by atoms with Gasteiger partial charge >= 0.3 is 0 Å². The zero-order valence-electron chi connectivity index (χ0n) is 8.61. The molecule has 0 amide bonds. The fraction of sp³-hybridized carbons (Fsp3) is 0. The molecule has 3 aromatic rings. The maximum absolute atomic E-state index is 6.15. The van der Waals surface area contributed by atoms with E-state index in [1.54, 1.807) is 18.5 Å². The zero-order chi connectivity index (χ0) is 11.8. The van der Waals surface area contributed by atoms with Gasteiger partial charge in [-0.2, -0.15) is 0 Å². The number of nitrogens with zero attached hydrogens (tertiary/aromatic N) is 2. The van der Waals surface area contributed by atoms with Crippen molar-refractivity contribution < 1.29 is 0 Å². The summed E-state index contributed by atoms with van der Waals surface area (Å²) in [6.45, 7) is 0. The Morgan fingerprint density at radius 1 is 1.12 bits per heavy atom.